The first kappa shape index (κ1) is 14.3. The molecule has 1 unspecified atom stereocenters. The van der Waals surface area contributed by atoms with Crippen molar-refractivity contribution in [3.8, 4) is 0 Å². The van der Waals surface area contributed by atoms with Crippen LogP contribution in [0.5, 0.6) is 0 Å². The van der Waals surface area contributed by atoms with E-state index in [0.717, 1.165) is 5.56 Å². The van der Waals surface area contributed by atoms with E-state index in [1.165, 1.54) is 12.1 Å². The van der Waals surface area contributed by atoms with Crippen LogP contribution in [-0.2, 0) is 4.79 Å². The van der Waals surface area contributed by atoms with Crippen molar-refractivity contribution in [2.24, 2.45) is 5.73 Å². The Balaban J connectivity index is 2.37. The lowest BCUT2D eigenvalue weighted by Crippen LogP contribution is -2.28. The molecular formula is C15H14ClFN2O. The van der Waals surface area contributed by atoms with Crippen LogP contribution in [0.1, 0.15) is 17.2 Å². The van der Waals surface area contributed by atoms with Crippen LogP contribution in [0.3, 0.4) is 0 Å². The zero-order valence-corrected chi connectivity index (χ0v) is 11.6. The monoisotopic (exact) mass is 292 g/mol. The third kappa shape index (κ3) is 3.08. The van der Waals surface area contributed by atoms with Gasteiger partial charge >= 0.3 is 0 Å². The van der Waals surface area contributed by atoms with E-state index in [9.17, 15) is 9.18 Å². The van der Waals surface area contributed by atoms with E-state index in [0.29, 0.717) is 5.69 Å². The molecule has 0 radical (unpaired) electrons. The highest BCUT2D eigenvalue weighted by atomic mass is 35.5. The molecule has 104 valence electrons. The molecule has 0 aliphatic carbocycles. The normalized spacial score (nSPS) is 11.9. The van der Waals surface area contributed by atoms with Crippen LogP contribution in [0.15, 0.2) is 42.5 Å². The van der Waals surface area contributed by atoms with Gasteiger partial charge in [0.15, 0.2) is 0 Å². The van der Waals surface area contributed by atoms with Crippen LogP contribution in [0.25, 0.3) is 0 Å². The Kier molecular flexibility index (Phi) is 4.25. The lowest BCUT2D eigenvalue weighted by molar-refractivity contribution is -0.118. The van der Waals surface area contributed by atoms with Crippen molar-refractivity contribution in [1.82, 2.24) is 0 Å². The van der Waals surface area contributed by atoms with Crippen molar-refractivity contribution in [3.05, 3.63) is 64.4 Å². The molecule has 0 fully saturated rings. The molecule has 1 amide bonds. The second-order valence-electron chi connectivity index (χ2n) is 4.49. The molecule has 5 heteroatoms. The van der Waals surface area contributed by atoms with Gasteiger partial charge < -0.3 is 11.1 Å². The summed E-state index contributed by atoms with van der Waals surface area (Å²) in [6, 6.07) is 10.9. The van der Waals surface area contributed by atoms with Gasteiger partial charge in [0, 0.05) is 11.3 Å². The zero-order chi connectivity index (χ0) is 14.7. The molecular weight excluding hydrogens is 279 g/mol. The van der Waals surface area contributed by atoms with Gasteiger partial charge in [0.1, 0.15) is 11.9 Å². The first-order chi connectivity index (χ1) is 9.49. The van der Waals surface area contributed by atoms with Gasteiger partial charge in [0.2, 0.25) is 5.91 Å². The molecule has 0 aliphatic heterocycles. The van der Waals surface area contributed by atoms with Gasteiger partial charge in [-0.3, -0.25) is 4.79 Å². The first-order valence-corrected chi connectivity index (χ1v) is 6.43. The van der Waals surface area contributed by atoms with Crippen LogP contribution < -0.4 is 11.1 Å². The summed E-state index contributed by atoms with van der Waals surface area (Å²) in [5.41, 5.74) is 7.20. The van der Waals surface area contributed by atoms with Crippen molar-refractivity contribution in [2.75, 3.05) is 5.32 Å². The number of amides is 1. The van der Waals surface area contributed by atoms with Gasteiger partial charge in [-0.2, -0.15) is 0 Å². The summed E-state index contributed by atoms with van der Waals surface area (Å²) < 4.78 is 14.0. The molecule has 0 saturated carbocycles. The largest absolute Gasteiger partial charge is 0.370 e. The maximum absolute atomic E-state index is 14.0. The molecule has 2 rings (SSSR count). The number of hydrogen-bond acceptors (Lipinski definition) is 2. The Labute approximate surface area is 121 Å². The Morgan fingerprint density at radius 3 is 2.65 bits per heavy atom. The van der Waals surface area contributed by atoms with E-state index < -0.39 is 17.8 Å². The summed E-state index contributed by atoms with van der Waals surface area (Å²) in [5.74, 6) is -1.31. The summed E-state index contributed by atoms with van der Waals surface area (Å²) in [4.78, 5) is 11.6. The number of primary amides is 1. The zero-order valence-electron chi connectivity index (χ0n) is 10.9. The fraction of sp³-hybridized carbons (Fsp3) is 0.133. The first-order valence-electron chi connectivity index (χ1n) is 6.05. The van der Waals surface area contributed by atoms with Gasteiger partial charge in [-0.15, -0.1) is 0 Å². The fourth-order valence-electron chi connectivity index (χ4n) is 1.95. The van der Waals surface area contributed by atoms with Crippen LogP contribution in [0.2, 0.25) is 5.02 Å². The lowest BCUT2D eigenvalue weighted by Gasteiger charge is -2.18. The number of nitrogens with one attached hydrogen (secondary N) is 1. The minimum Gasteiger partial charge on any atom is -0.370 e. The van der Waals surface area contributed by atoms with Crippen molar-refractivity contribution in [1.29, 1.82) is 0 Å². The number of nitrogens with two attached hydrogens (primary N) is 1. The number of anilines is 1. The molecule has 0 saturated heterocycles. The van der Waals surface area contributed by atoms with Gasteiger partial charge in [-0.05, 0) is 30.7 Å². The van der Waals surface area contributed by atoms with Crippen molar-refractivity contribution < 1.29 is 9.18 Å². The fourth-order valence-corrected chi connectivity index (χ4v) is 2.13. The molecule has 0 bridgehead atoms. The average molecular weight is 293 g/mol. The topological polar surface area (TPSA) is 55.1 Å². The number of rotatable bonds is 4. The SMILES string of the molecule is Cc1cccc(NC(C(N)=O)c2cccc(Cl)c2F)c1. The standard InChI is InChI=1S/C15H14ClFN2O/c1-9-4-2-5-10(8-9)19-14(15(18)20)11-6-3-7-12(16)13(11)17/h2-8,14,19H,1H3,(H2,18,20). The maximum atomic E-state index is 14.0. The number of benzene rings is 2. The number of carbonyl (C=O) groups is 1. The number of halogens is 2. The van der Waals surface area contributed by atoms with Gasteiger partial charge in [-0.1, -0.05) is 35.9 Å². The molecule has 0 spiro atoms. The van der Waals surface area contributed by atoms with E-state index in [-0.39, 0.29) is 10.6 Å². The minimum atomic E-state index is -0.976. The van der Waals surface area contributed by atoms with Crippen molar-refractivity contribution >= 4 is 23.2 Å². The predicted molar refractivity (Wildman–Crippen MR) is 78.1 cm³/mol. The van der Waals surface area contributed by atoms with Crippen molar-refractivity contribution in [3.63, 3.8) is 0 Å². The summed E-state index contributed by atoms with van der Waals surface area (Å²) in [5, 5.41) is 2.89. The molecule has 0 aliphatic rings. The summed E-state index contributed by atoms with van der Waals surface area (Å²) in [7, 11) is 0. The van der Waals surface area contributed by atoms with Crippen LogP contribution in [0, 0.1) is 12.7 Å². The molecule has 20 heavy (non-hydrogen) atoms. The Morgan fingerprint density at radius 2 is 2.00 bits per heavy atom. The summed E-state index contributed by atoms with van der Waals surface area (Å²) >= 11 is 5.74. The van der Waals surface area contributed by atoms with Crippen LogP contribution >= 0.6 is 11.6 Å². The Hall–Kier alpha value is -2.07. The highest BCUT2D eigenvalue weighted by molar-refractivity contribution is 6.30. The van der Waals surface area contributed by atoms with Gasteiger partial charge in [-0.25, -0.2) is 4.39 Å². The van der Waals surface area contributed by atoms with Crippen molar-refractivity contribution in [2.45, 2.75) is 13.0 Å². The lowest BCUT2D eigenvalue weighted by atomic mass is 10.0. The molecule has 0 heterocycles. The van der Waals surface area contributed by atoms with E-state index in [2.05, 4.69) is 5.32 Å². The van der Waals surface area contributed by atoms with E-state index in [1.807, 2.05) is 25.1 Å². The Morgan fingerprint density at radius 1 is 1.30 bits per heavy atom. The highest BCUT2D eigenvalue weighted by Gasteiger charge is 2.22. The molecule has 2 aromatic carbocycles. The number of carbonyl (C=O) groups excluding carboxylic acids is 1. The smallest absolute Gasteiger partial charge is 0.244 e. The van der Waals surface area contributed by atoms with Crippen LogP contribution in [-0.4, -0.2) is 5.91 Å². The summed E-state index contributed by atoms with van der Waals surface area (Å²) in [6.07, 6.45) is 0. The van der Waals surface area contributed by atoms with E-state index in [4.69, 9.17) is 17.3 Å². The van der Waals surface area contributed by atoms with Gasteiger partial charge in [0.05, 0.1) is 5.02 Å². The third-order valence-corrected chi connectivity index (χ3v) is 3.20. The summed E-state index contributed by atoms with van der Waals surface area (Å²) in [6.45, 7) is 1.92. The Bertz CT molecular complexity index is 646. The average Bonchev–Trinajstić information content (AvgIpc) is 2.39. The second kappa shape index (κ2) is 5.92. The molecule has 2 aromatic rings. The molecule has 1 atom stereocenters. The van der Waals surface area contributed by atoms with E-state index >= 15 is 0 Å². The molecule has 0 aromatic heterocycles. The highest BCUT2D eigenvalue weighted by Crippen LogP contribution is 2.26. The minimum absolute atomic E-state index is 0.0419. The van der Waals surface area contributed by atoms with Crippen LogP contribution in [0.4, 0.5) is 10.1 Å². The molecule has 3 nitrogen and oxygen atoms in total. The second-order valence-corrected chi connectivity index (χ2v) is 4.90. The quantitative estimate of drug-likeness (QED) is 0.907. The van der Waals surface area contributed by atoms with Gasteiger partial charge in [0.25, 0.3) is 0 Å². The third-order valence-electron chi connectivity index (χ3n) is 2.91. The molecule has 3 N–H and O–H groups in total. The number of hydrogen-bond donors (Lipinski definition) is 2. The maximum Gasteiger partial charge on any atom is 0.244 e. The van der Waals surface area contributed by atoms with E-state index in [1.54, 1.807) is 12.1 Å². The number of aryl methyl sites for hydroxylation is 1. The predicted octanol–water partition coefficient (Wildman–Crippen LogP) is 3.43.